The van der Waals surface area contributed by atoms with Gasteiger partial charge in [0.05, 0.1) is 5.69 Å². The first-order chi connectivity index (χ1) is 23.1. The van der Waals surface area contributed by atoms with Gasteiger partial charge in [-0.05, 0) is 81.7 Å². The zero-order valence-electron chi connectivity index (χ0n) is 26.3. The van der Waals surface area contributed by atoms with E-state index in [9.17, 15) is 0 Å². The third-order valence-corrected chi connectivity index (χ3v) is 9.69. The van der Waals surface area contributed by atoms with Gasteiger partial charge in [-0.25, -0.2) is 4.98 Å². The molecule has 8 aromatic rings. The highest BCUT2D eigenvalue weighted by molar-refractivity contribution is 6.06. The first-order valence-electron chi connectivity index (χ1n) is 16.1. The predicted octanol–water partition coefficient (Wildman–Crippen LogP) is 12.1. The van der Waals surface area contributed by atoms with E-state index in [1.54, 1.807) is 0 Å². The smallest absolute Gasteiger partial charge is 0.227 e. The molecule has 224 valence electrons. The topological polar surface area (TPSA) is 29.3 Å². The van der Waals surface area contributed by atoms with E-state index in [-0.39, 0.29) is 5.41 Å². The molecule has 1 aliphatic rings. The fourth-order valence-corrected chi connectivity index (χ4v) is 7.35. The summed E-state index contributed by atoms with van der Waals surface area (Å²) in [6.45, 7) is 4.66. The molecule has 0 bridgehead atoms. The highest BCUT2D eigenvalue weighted by Gasteiger charge is 2.35. The number of nitrogens with zero attached hydrogens (tertiary/aromatic N) is 2. The number of fused-ring (bicyclic) bond motifs is 6. The molecule has 0 spiro atoms. The van der Waals surface area contributed by atoms with Crippen LogP contribution in [0.3, 0.4) is 0 Å². The lowest BCUT2D eigenvalue weighted by Gasteiger charge is -2.29. The number of hydrogen-bond donors (Lipinski definition) is 0. The van der Waals surface area contributed by atoms with Gasteiger partial charge in [-0.3, -0.25) is 0 Å². The molecule has 0 unspecified atom stereocenters. The summed E-state index contributed by atoms with van der Waals surface area (Å²) in [7, 11) is 0. The lowest BCUT2D eigenvalue weighted by molar-refractivity contribution is 0.620. The molecular weight excluding hydrogens is 572 g/mol. The van der Waals surface area contributed by atoms with Crippen molar-refractivity contribution in [1.29, 1.82) is 0 Å². The molecule has 0 saturated heterocycles. The standard InChI is InChI=1S/C44H32N2O/c1-44(2)38-19-11-9-18-35(38)37-28-33(24-25-39(37)44)46(40-20-12-10-17-34(40)29-13-5-3-6-14-29)32-23-21-30-22-26-41-42(36(30)27-32)45-43(47-41)31-15-7-4-8-16-31/h3-28H,1-2H3. The second kappa shape index (κ2) is 10.6. The molecule has 1 aromatic heterocycles. The highest BCUT2D eigenvalue weighted by Crippen LogP contribution is 2.51. The maximum absolute atomic E-state index is 6.29. The predicted molar refractivity (Wildman–Crippen MR) is 195 cm³/mol. The molecule has 0 fully saturated rings. The Bertz CT molecular complexity index is 2440. The van der Waals surface area contributed by atoms with E-state index in [0.29, 0.717) is 5.89 Å². The normalized spacial score (nSPS) is 13.1. The highest BCUT2D eigenvalue weighted by atomic mass is 16.3. The van der Waals surface area contributed by atoms with Gasteiger partial charge in [0, 0.05) is 33.3 Å². The van der Waals surface area contributed by atoms with Crippen LogP contribution in [0.2, 0.25) is 0 Å². The molecule has 0 N–H and O–H groups in total. The lowest BCUT2D eigenvalue weighted by Crippen LogP contribution is -2.15. The van der Waals surface area contributed by atoms with Crippen molar-refractivity contribution in [2.24, 2.45) is 0 Å². The maximum Gasteiger partial charge on any atom is 0.227 e. The number of rotatable bonds is 5. The van der Waals surface area contributed by atoms with E-state index in [0.717, 1.165) is 44.5 Å². The van der Waals surface area contributed by atoms with Gasteiger partial charge in [0.15, 0.2) is 5.58 Å². The van der Waals surface area contributed by atoms with E-state index in [2.05, 4.69) is 140 Å². The minimum absolute atomic E-state index is 0.0603. The summed E-state index contributed by atoms with van der Waals surface area (Å²) in [6.07, 6.45) is 0. The molecule has 1 heterocycles. The van der Waals surface area contributed by atoms with Crippen molar-refractivity contribution in [3.8, 4) is 33.7 Å². The Kier molecular flexibility index (Phi) is 6.16. The van der Waals surface area contributed by atoms with Crippen LogP contribution in [-0.4, -0.2) is 4.98 Å². The van der Waals surface area contributed by atoms with Gasteiger partial charge in [0.1, 0.15) is 5.52 Å². The third-order valence-electron chi connectivity index (χ3n) is 9.69. The summed E-state index contributed by atoms with van der Waals surface area (Å²) >= 11 is 0. The van der Waals surface area contributed by atoms with Gasteiger partial charge >= 0.3 is 0 Å². The Labute approximate surface area is 274 Å². The largest absolute Gasteiger partial charge is 0.436 e. The Morgan fingerprint density at radius 3 is 1.96 bits per heavy atom. The van der Waals surface area contributed by atoms with Crippen LogP contribution in [0.5, 0.6) is 0 Å². The van der Waals surface area contributed by atoms with Crippen LogP contribution < -0.4 is 4.90 Å². The zero-order chi connectivity index (χ0) is 31.5. The van der Waals surface area contributed by atoms with Gasteiger partial charge in [0.2, 0.25) is 5.89 Å². The number of oxazole rings is 1. The Morgan fingerprint density at radius 1 is 0.532 bits per heavy atom. The van der Waals surface area contributed by atoms with Gasteiger partial charge in [0.25, 0.3) is 0 Å². The number of anilines is 3. The molecule has 47 heavy (non-hydrogen) atoms. The molecule has 0 aliphatic heterocycles. The van der Waals surface area contributed by atoms with E-state index in [1.807, 2.05) is 36.4 Å². The molecule has 0 saturated carbocycles. The molecule has 1 aliphatic carbocycles. The fraction of sp³-hybridized carbons (Fsp3) is 0.0682. The number of para-hydroxylation sites is 1. The van der Waals surface area contributed by atoms with Crippen molar-refractivity contribution in [2.45, 2.75) is 19.3 Å². The molecule has 0 radical (unpaired) electrons. The summed E-state index contributed by atoms with van der Waals surface area (Å²) in [5.41, 5.74) is 13.5. The molecule has 0 amide bonds. The van der Waals surface area contributed by atoms with Crippen molar-refractivity contribution in [3.63, 3.8) is 0 Å². The Morgan fingerprint density at radius 2 is 1.15 bits per heavy atom. The van der Waals surface area contributed by atoms with Crippen molar-refractivity contribution >= 4 is 38.9 Å². The summed E-state index contributed by atoms with van der Waals surface area (Å²) in [4.78, 5) is 7.42. The summed E-state index contributed by atoms with van der Waals surface area (Å²) in [5, 5.41) is 2.18. The van der Waals surface area contributed by atoms with Crippen molar-refractivity contribution < 1.29 is 4.42 Å². The minimum Gasteiger partial charge on any atom is -0.436 e. The molecule has 3 heteroatoms. The number of benzene rings is 7. The van der Waals surface area contributed by atoms with Crippen LogP contribution >= 0.6 is 0 Å². The van der Waals surface area contributed by atoms with E-state index in [4.69, 9.17) is 9.40 Å². The van der Waals surface area contributed by atoms with Crippen LogP contribution in [0.1, 0.15) is 25.0 Å². The molecule has 3 nitrogen and oxygen atoms in total. The van der Waals surface area contributed by atoms with Crippen LogP contribution in [0, 0.1) is 0 Å². The van der Waals surface area contributed by atoms with Gasteiger partial charge in [-0.2, -0.15) is 0 Å². The summed E-state index contributed by atoms with van der Waals surface area (Å²) in [5.74, 6) is 0.629. The second-order valence-electron chi connectivity index (χ2n) is 12.8. The molecule has 7 aromatic carbocycles. The Balaban J connectivity index is 1.28. The van der Waals surface area contributed by atoms with E-state index < -0.39 is 0 Å². The van der Waals surface area contributed by atoms with Crippen molar-refractivity contribution in [2.75, 3.05) is 4.90 Å². The average Bonchev–Trinajstić information content (AvgIpc) is 3.67. The molecule has 9 rings (SSSR count). The monoisotopic (exact) mass is 604 g/mol. The van der Waals surface area contributed by atoms with Gasteiger partial charge < -0.3 is 9.32 Å². The van der Waals surface area contributed by atoms with Gasteiger partial charge in [-0.15, -0.1) is 0 Å². The van der Waals surface area contributed by atoms with Crippen LogP contribution in [0.15, 0.2) is 162 Å². The molecular formula is C44H32N2O. The maximum atomic E-state index is 6.29. The zero-order valence-corrected chi connectivity index (χ0v) is 26.3. The molecule has 0 atom stereocenters. The van der Waals surface area contributed by atoms with Crippen LogP contribution in [0.25, 0.3) is 55.6 Å². The Hall–Kier alpha value is -5.93. The van der Waals surface area contributed by atoms with Crippen molar-refractivity contribution in [3.05, 3.63) is 169 Å². The van der Waals surface area contributed by atoms with E-state index >= 15 is 0 Å². The lowest BCUT2D eigenvalue weighted by atomic mass is 9.82. The second-order valence-corrected chi connectivity index (χ2v) is 12.8. The van der Waals surface area contributed by atoms with Crippen LogP contribution in [0.4, 0.5) is 17.1 Å². The SMILES string of the molecule is CC1(C)c2ccccc2-c2cc(N(c3ccc4ccc5oc(-c6ccccc6)nc5c4c3)c3ccccc3-c3ccccc3)ccc21. The first-order valence-corrected chi connectivity index (χ1v) is 16.1. The quantitative estimate of drug-likeness (QED) is 0.196. The minimum atomic E-state index is -0.0603. The first kappa shape index (κ1) is 27.4. The fourth-order valence-electron chi connectivity index (χ4n) is 7.35. The number of aromatic nitrogens is 1. The average molecular weight is 605 g/mol. The summed E-state index contributed by atoms with van der Waals surface area (Å²) < 4.78 is 6.29. The van der Waals surface area contributed by atoms with Crippen molar-refractivity contribution in [1.82, 2.24) is 4.98 Å². The number of hydrogen-bond acceptors (Lipinski definition) is 3. The summed E-state index contributed by atoms with van der Waals surface area (Å²) in [6, 6.07) is 56.1. The van der Waals surface area contributed by atoms with Gasteiger partial charge in [-0.1, -0.05) is 123 Å². The van der Waals surface area contributed by atoms with E-state index in [1.165, 1.54) is 33.4 Å². The van der Waals surface area contributed by atoms with Crippen LogP contribution in [-0.2, 0) is 5.41 Å². The third kappa shape index (κ3) is 4.39.